The van der Waals surface area contributed by atoms with Gasteiger partial charge in [-0.1, -0.05) is 0 Å². The standard InChI is InChI=1S/C4H11NO2.C4H9NO/c6-3-1-5-2-4-7;1-3-6-4-2-5-1/h5-7H,1-4H2;5H,1-4H2. The molecule has 0 bridgehead atoms. The van der Waals surface area contributed by atoms with Crippen molar-refractivity contribution in [3.63, 3.8) is 0 Å². The van der Waals surface area contributed by atoms with Crippen LogP contribution in [-0.4, -0.2) is 62.8 Å². The molecule has 5 heteroatoms. The van der Waals surface area contributed by atoms with Crippen molar-refractivity contribution >= 4 is 0 Å². The third-order valence-electron chi connectivity index (χ3n) is 1.42. The fourth-order valence-corrected chi connectivity index (χ4v) is 0.799. The van der Waals surface area contributed by atoms with Crippen molar-refractivity contribution in [2.75, 3.05) is 52.6 Å². The van der Waals surface area contributed by atoms with Gasteiger partial charge in [0.1, 0.15) is 0 Å². The average Bonchev–Trinajstić information content (AvgIpc) is 2.22. The molecule has 13 heavy (non-hydrogen) atoms. The number of rotatable bonds is 4. The summed E-state index contributed by atoms with van der Waals surface area (Å²) in [4.78, 5) is 0. The van der Waals surface area contributed by atoms with E-state index in [9.17, 15) is 0 Å². The fourth-order valence-electron chi connectivity index (χ4n) is 0.799. The molecule has 0 unspecified atom stereocenters. The van der Waals surface area contributed by atoms with Crippen LogP contribution in [0.3, 0.4) is 0 Å². The summed E-state index contributed by atoms with van der Waals surface area (Å²) >= 11 is 0. The highest BCUT2D eigenvalue weighted by Gasteiger charge is 1.92. The topological polar surface area (TPSA) is 73.8 Å². The number of hydrogen-bond donors (Lipinski definition) is 4. The Balaban J connectivity index is 0.000000223. The van der Waals surface area contributed by atoms with Crippen LogP contribution in [0, 0.1) is 0 Å². The number of nitrogens with one attached hydrogen (secondary N) is 2. The van der Waals surface area contributed by atoms with E-state index in [0.717, 1.165) is 26.3 Å². The van der Waals surface area contributed by atoms with E-state index in [-0.39, 0.29) is 13.2 Å². The second-order valence-electron chi connectivity index (χ2n) is 2.56. The third kappa shape index (κ3) is 11.8. The van der Waals surface area contributed by atoms with E-state index >= 15 is 0 Å². The summed E-state index contributed by atoms with van der Waals surface area (Å²) in [6.07, 6.45) is 0. The Labute approximate surface area is 79.1 Å². The summed E-state index contributed by atoms with van der Waals surface area (Å²) in [5.41, 5.74) is 0. The predicted octanol–water partition coefficient (Wildman–Crippen LogP) is -1.83. The molecule has 0 amide bonds. The summed E-state index contributed by atoms with van der Waals surface area (Å²) in [5.74, 6) is 0. The van der Waals surface area contributed by atoms with Crippen molar-refractivity contribution in [2.45, 2.75) is 0 Å². The highest BCUT2D eigenvalue weighted by atomic mass is 16.5. The lowest BCUT2D eigenvalue weighted by molar-refractivity contribution is 0.109. The molecule has 0 radical (unpaired) electrons. The first kappa shape index (κ1) is 12.8. The zero-order valence-electron chi connectivity index (χ0n) is 7.96. The van der Waals surface area contributed by atoms with Crippen LogP contribution in [-0.2, 0) is 4.74 Å². The van der Waals surface area contributed by atoms with Crippen LogP contribution >= 0.6 is 0 Å². The molecule has 80 valence electrons. The summed E-state index contributed by atoms with van der Waals surface area (Å²) in [6.45, 7) is 5.25. The fraction of sp³-hybridized carbons (Fsp3) is 1.00. The average molecular weight is 192 g/mol. The first-order valence-corrected chi connectivity index (χ1v) is 4.62. The van der Waals surface area contributed by atoms with Crippen molar-refractivity contribution in [2.24, 2.45) is 0 Å². The first-order chi connectivity index (χ1) is 6.41. The molecule has 1 rings (SSSR count). The Morgan fingerprint density at radius 3 is 1.85 bits per heavy atom. The number of morpholine rings is 1. The van der Waals surface area contributed by atoms with Crippen molar-refractivity contribution in [1.29, 1.82) is 0 Å². The van der Waals surface area contributed by atoms with E-state index < -0.39 is 0 Å². The Kier molecular flexibility index (Phi) is 11.6. The van der Waals surface area contributed by atoms with E-state index in [2.05, 4.69) is 10.6 Å². The SMILES string of the molecule is C1COCCN1.OCCNCCO. The predicted molar refractivity (Wildman–Crippen MR) is 50.7 cm³/mol. The molecular weight excluding hydrogens is 172 g/mol. The largest absolute Gasteiger partial charge is 0.395 e. The minimum Gasteiger partial charge on any atom is -0.395 e. The molecule has 1 saturated heterocycles. The summed E-state index contributed by atoms with van der Waals surface area (Å²) < 4.78 is 5.01. The molecule has 0 saturated carbocycles. The number of hydrogen-bond acceptors (Lipinski definition) is 5. The first-order valence-electron chi connectivity index (χ1n) is 4.62. The van der Waals surface area contributed by atoms with Crippen LogP contribution in [0.4, 0.5) is 0 Å². The molecule has 0 aromatic carbocycles. The molecule has 1 heterocycles. The third-order valence-corrected chi connectivity index (χ3v) is 1.42. The normalized spacial score (nSPS) is 16.2. The molecule has 0 aromatic rings. The second-order valence-corrected chi connectivity index (χ2v) is 2.56. The van der Waals surface area contributed by atoms with Gasteiger partial charge in [0.05, 0.1) is 26.4 Å². The molecule has 0 aliphatic carbocycles. The Morgan fingerprint density at radius 2 is 1.62 bits per heavy atom. The van der Waals surface area contributed by atoms with Crippen molar-refractivity contribution < 1.29 is 14.9 Å². The number of aliphatic hydroxyl groups is 2. The van der Waals surface area contributed by atoms with Gasteiger partial charge in [-0.15, -0.1) is 0 Å². The molecule has 0 aromatic heterocycles. The maximum atomic E-state index is 8.15. The highest BCUT2D eigenvalue weighted by molar-refractivity contribution is 4.49. The van der Waals surface area contributed by atoms with E-state index in [1.54, 1.807) is 0 Å². The van der Waals surface area contributed by atoms with Crippen molar-refractivity contribution in [1.82, 2.24) is 10.6 Å². The summed E-state index contributed by atoms with van der Waals surface area (Å²) in [7, 11) is 0. The maximum Gasteiger partial charge on any atom is 0.0591 e. The van der Waals surface area contributed by atoms with Gasteiger partial charge in [-0.25, -0.2) is 0 Å². The van der Waals surface area contributed by atoms with Crippen LogP contribution in [0.25, 0.3) is 0 Å². The lowest BCUT2D eigenvalue weighted by atomic mass is 10.5. The quantitative estimate of drug-likeness (QED) is 0.394. The van der Waals surface area contributed by atoms with Crippen molar-refractivity contribution in [3.05, 3.63) is 0 Å². The molecule has 1 aliphatic heterocycles. The van der Waals surface area contributed by atoms with Crippen LogP contribution in [0.1, 0.15) is 0 Å². The van der Waals surface area contributed by atoms with E-state index in [1.807, 2.05) is 0 Å². The molecule has 1 aliphatic rings. The van der Waals surface area contributed by atoms with Gasteiger partial charge in [0.2, 0.25) is 0 Å². The molecule has 1 fully saturated rings. The zero-order valence-corrected chi connectivity index (χ0v) is 7.96. The summed E-state index contributed by atoms with van der Waals surface area (Å²) in [5, 5.41) is 22.2. The maximum absolute atomic E-state index is 8.15. The van der Waals surface area contributed by atoms with Crippen LogP contribution in [0.2, 0.25) is 0 Å². The van der Waals surface area contributed by atoms with E-state index in [1.165, 1.54) is 0 Å². The van der Waals surface area contributed by atoms with Gasteiger partial charge in [0.15, 0.2) is 0 Å². The van der Waals surface area contributed by atoms with Crippen molar-refractivity contribution in [3.8, 4) is 0 Å². The smallest absolute Gasteiger partial charge is 0.0591 e. The van der Waals surface area contributed by atoms with Gasteiger partial charge in [0, 0.05) is 26.2 Å². The molecule has 0 spiro atoms. The van der Waals surface area contributed by atoms with Crippen LogP contribution in [0.15, 0.2) is 0 Å². The molecule has 5 nitrogen and oxygen atoms in total. The monoisotopic (exact) mass is 192 g/mol. The number of ether oxygens (including phenoxy) is 1. The Morgan fingerprint density at radius 1 is 1.08 bits per heavy atom. The van der Waals surface area contributed by atoms with E-state index in [0.29, 0.717) is 13.1 Å². The van der Waals surface area contributed by atoms with Gasteiger partial charge < -0.3 is 25.6 Å². The molecule has 0 atom stereocenters. The van der Waals surface area contributed by atoms with E-state index in [4.69, 9.17) is 14.9 Å². The highest BCUT2D eigenvalue weighted by Crippen LogP contribution is 1.76. The summed E-state index contributed by atoms with van der Waals surface area (Å²) in [6, 6.07) is 0. The van der Waals surface area contributed by atoms with Crippen LogP contribution < -0.4 is 10.6 Å². The second kappa shape index (κ2) is 11.8. The van der Waals surface area contributed by atoms with Gasteiger partial charge >= 0.3 is 0 Å². The van der Waals surface area contributed by atoms with Gasteiger partial charge in [-0.2, -0.15) is 0 Å². The minimum atomic E-state index is 0.139. The number of aliphatic hydroxyl groups excluding tert-OH is 2. The molecule has 4 N–H and O–H groups in total. The Hall–Kier alpha value is -0.200. The van der Waals surface area contributed by atoms with Gasteiger partial charge in [-0.05, 0) is 0 Å². The lowest BCUT2D eigenvalue weighted by Crippen LogP contribution is -2.30. The molecular formula is C8H20N2O3. The van der Waals surface area contributed by atoms with Crippen LogP contribution in [0.5, 0.6) is 0 Å². The Bertz CT molecular complexity index is 73.9. The minimum absolute atomic E-state index is 0.139. The lowest BCUT2D eigenvalue weighted by Gasteiger charge is -2.10. The van der Waals surface area contributed by atoms with Gasteiger partial charge in [0.25, 0.3) is 0 Å². The van der Waals surface area contributed by atoms with Gasteiger partial charge in [-0.3, -0.25) is 0 Å². The zero-order chi connectivity index (χ0) is 9.78.